The highest BCUT2D eigenvalue weighted by Gasteiger charge is 2.55. The van der Waals surface area contributed by atoms with Crippen molar-refractivity contribution in [3.63, 3.8) is 0 Å². The van der Waals surface area contributed by atoms with Crippen molar-refractivity contribution in [2.24, 2.45) is 0 Å². The van der Waals surface area contributed by atoms with Crippen molar-refractivity contribution >= 4 is 49.5 Å². The lowest BCUT2D eigenvalue weighted by molar-refractivity contribution is -0.777. The Kier molecular flexibility index (Phi) is 14.3. The third kappa shape index (κ3) is 11.4. The molecule has 0 radical (unpaired) electrons. The summed E-state index contributed by atoms with van der Waals surface area (Å²) in [7, 11) is -14.4. The molecule has 0 aromatic carbocycles. The number of rotatable bonds is 17. The summed E-state index contributed by atoms with van der Waals surface area (Å²) in [5.74, 6) is -2.02. The molecular weight excluding hydrogens is 692 g/mol. The highest BCUT2D eigenvalue weighted by molar-refractivity contribution is 7.89. The third-order valence-corrected chi connectivity index (χ3v) is 7.18. The van der Waals surface area contributed by atoms with Gasteiger partial charge in [0.1, 0.15) is 42.7 Å². The number of aliphatic carboxylic acids is 1. The highest BCUT2D eigenvalue weighted by Crippen LogP contribution is 2.36. The van der Waals surface area contributed by atoms with Gasteiger partial charge in [-0.3, -0.25) is 21.8 Å². The molecule has 0 spiro atoms. The lowest BCUT2D eigenvalue weighted by Crippen LogP contribution is -2.67. The monoisotopic (exact) mass is 713 g/mol. The molecule has 4 unspecified atom stereocenters. The lowest BCUT2D eigenvalue weighted by atomic mass is 9.96. The molecule has 24 nitrogen and oxygen atoms in total. The zero-order valence-electron chi connectivity index (χ0n) is 21.4. The van der Waals surface area contributed by atoms with Gasteiger partial charge in [0.05, 0.1) is 12.6 Å². The summed E-state index contributed by atoms with van der Waals surface area (Å²) in [6, 6.07) is 0. The standard InChI is InChI=1S/C15H26O24S4/c1-28-7-8(35-40-39-38-18)10(13(16)17)34-15(11(7)29-2)33-6-5(4-31-41(19,20)21)32-14(30-3)12(37-43(25,26)27)9(6)36-42(22,23)24/h5-12,14-15,18H,4H2,1-3H3,(H,16,17)(H,19,20,21)(H,22,23,24)(H,25,26,27)/p-5/t5-,6+,7-,8-,9?,10?,11?,12?,14-,15+/m0/s1. The van der Waals surface area contributed by atoms with Gasteiger partial charge in [0.15, 0.2) is 31.0 Å². The first kappa shape index (κ1) is 38.2. The maximum atomic E-state index is 11.9. The van der Waals surface area contributed by atoms with Gasteiger partial charge >= 0.3 is 0 Å². The Balaban J connectivity index is 2.62. The fraction of sp³-hybridized carbons (Fsp3) is 0.933. The Morgan fingerprint density at radius 2 is 1.33 bits per heavy atom. The molecule has 0 N–H and O–H groups in total. The third-order valence-electron chi connectivity index (χ3n) is 5.43. The molecule has 2 saturated heterocycles. The molecule has 43 heavy (non-hydrogen) atoms. The lowest BCUT2D eigenvalue weighted by Gasteiger charge is -2.49. The van der Waals surface area contributed by atoms with Crippen LogP contribution in [0.1, 0.15) is 0 Å². The van der Waals surface area contributed by atoms with Crippen LogP contribution in [-0.2, 0) is 90.5 Å². The Morgan fingerprint density at radius 1 is 0.744 bits per heavy atom. The van der Waals surface area contributed by atoms with Gasteiger partial charge in [-0.15, -0.1) is 4.33 Å². The van der Waals surface area contributed by atoms with Crippen LogP contribution in [0.15, 0.2) is 0 Å². The van der Waals surface area contributed by atoms with E-state index < -0.39 is 105 Å². The molecule has 2 aliphatic rings. The maximum Gasteiger partial charge on any atom is 0.218 e. The van der Waals surface area contributed by atoms with Crippen LogP contribution in [0.5, 0.6) is 0 Å². The van der Waals surface area contributed by atoms with Crippen LogP contribution in [0.3, 0.4) is 0 Å². The summed E-state index contributed by atoms with van der Waals surface area (Å²) in [5, 5.41) is 25.0. The summed E-state index contributed by atoms with van der Waals surface area (Å²) in [5.41, 5.74) is 0. The first-order valence-corrected chi connectivity index (χ1v) is 15.4. The molecule has 2 rings (SSSR count). The van der Waals surface area contributed by atoms with E-state index in [-0.39, 0.29) is 12.3 Å². The van der Waals surface area contributed by atoms with E-state index in [1.807, 2.05) is 0 Å². The van der Waals surface area contributed by atoms with Gasteiger partial charge in [-0.05, 0) is 0 Å². The maximum absolute atomic E-state index is 11.9. The predicted octanol–water partition coefficient (Wildman–Crippen LogP) is -6.41. The van der Waals surface area contributed by atoms with Gasteiger partial charge in [0, 0.05) is 21.3 Å². The van der Waals surface area contributed by atoms with Crippen molar-refractivity contribution in [2.75, 3.05) is 27.9 Å². The Hall–Kier alpha value is -0.970. The summed E-state index contributed by atoms with van der Waals surface area (Å²) < 4.78 is 155. The molecule has 2 heterocycles. The van der Waals surface area contributed by atoms with E-state index in [1.165, 1.54) is 0 Å². The summed E-state index contributed by atoms with van der Waals surface area (Å²) >= 11 is -0.170. The number of carbonyl (C=O) groups excluding carboxylic acids is 1. The number of carboxylic acids is 1. The molecule has 0 aliphatic carbocycles. The summed E-state index contributed by atoms with van der Waals surface area (Å²) in [4.78, 5) is 11.9. The second-order valence-electron chi connectivity index (χ2n) is 7.92. The molecular formula is C15H21O24S4-5. The van der Waals surface area contributed by atoms with Gasteiger partial charge in [-0.1, -0.05) is 0 Å². The molecule has 2 fully saturated rings. The minimum absolute atomic E-state index is 0.170. The minimum Gasteiger partial charge on any atom is -0.726 e. The number of carbonyl (C=O) groups is 1. The zero-order valence-corrected chi connectivity index (χ0v) is 24.7. The average molecular weight is 714 g/mol. The van der Waals surface area contributed by atoms with Crippen molar-refractivity contribution in [1.29, 1.82) is 0 Å². The Morgan fingerprint density at radius 3 is 1.79 bits per heavy atom. The molecule has 10 atom stereocenters. The van der Waals surface area contributed by atoms with Crippen molar-refractivity contribution in [3.05, 3.63) is 0 Å². The fourth-order valence-electron chi connectivity index (χ4n) is 3.96. The first-order chi connectivity index (χ1) is 19.9. The second kappa shape index (κ2) is 16.0. The van der Waals surface area contributed by atoms with Crippen molar-refractivity contribution in [2.45, 2.75) is 61.4 Å². The number of hydrogen-bond donors (Lipinski definition) is 0. The SMILES string of the molecule is COC1[C@H](O[C@H]2C(OS(=O)(=O)[O-])C(OS(=O)(=O)[O-])[C@@H](OC)O[C@H]2COS(=O)(=O)[O-])OC(C(=O)[O-])[C@@H](OSOO[O-])[C@@H]1OC. The number of ether oxygens (including phenoxy) is 6. The Bertz CT molecular complexity index is 1220. The van der Waals surface area contributed by atoms with Crippen LogP contribution >= 0.6 is 12.3 Å². The van der Waals surface area contributed by atoms with Crippen molar-refractivity contribution < 1.29 is 109 Å². The van der Waals surface area contributed by atoms with E-state index in [0.29, 0.717) is 0 Å². The van der Waals surface area contributed by atoms with E-state index in [0.717, 1.165) is 21.3 Å². The second-order valence-corrected chi connectivity index (χ2v) is 11.5. The van der Waals surface area contributed by atoms with Crippen molar-refractivity contribution in [1.82, 2.24) is 0 Å². The molecule has 28 heteroatoms. The molecule has 0 aromatic rings. The van der Waals surface area contributed by atoms with Crippen LogP contribution in [0, 0.1) is 0 Å². The molecule has 0 aromatic heterocycles. The van der Waals surface area contributed by atoms with Gasteiger partial charge < -0.3 is 57.2 Å². The average Bonchev–Trinajstić information content (AvgIpc) is 2.87. The van der Waals surface area contributed by atoms with E-state index in [2.05, 4.69) is 21.9 Å². The van der Waals surface area contributed by atoms with Crippen LogP contribution in [0.2, 0.25) is 0 Å². The molecule has 0 bridgehead atoms. The summed E-state index contributed by atoms with van der Waals surface area (Å²) in [6.45, 7) is -1.37. The quantitative estimate of drug-likeness (QED) is 0.0337. The molecule has 2 aliphatic heterocycles. The smallest absolute Gasteiger partial charge is 0.218 e. The van der Waals surface area contributed by atoms with Gasteiger partial charge in [-0.2, -0.15) is 0 Å². The van der Waals surface area contributed by atoms with E-state index in [1.54, 1.807) is 0 Å². The van der Waals surface area contributed by atoms with Gasteiger partial charge in [0.25, 0.3) is 0 Å². The molecule has 0 saturated carbocycles. The minimum atomic E-state index is -5.88. The van der Waals surface area contributed by atoms with Gasteiger partial charge in [-0.25, -0.2) is 25.3 Å². The predicted molar refractivity (Wildman–Crippen MR) is 115 cm³/mol. The molecule has 254 valence electrons. The van der Waals surface area contributed by atoms with Crippen LogP contribution in [-0.4, -0.2) is 134 Å². The highest BCUT2D eigenvalue weighted by atomic mass is 32.3. The zero-order chi connectivity index (χ0) is 32.8. The van der Waals surface area contributed by atoms with E-state index >= 15 is 0 Å². The van der Waals surface area contributed by atoms with Gasteiger partial charge in [0.2, 0.25) is 31.2 Å². The van der Waals surface area contributed by atoms with Crippen LogP contribution in [0.4, 0.5) is 0 Å². The van der Waals surface area contributed by atoms with Crippen LogP contribution in [0.25, 0.3) is 0 Å². The van der Waals surface area contributed by atoms with E-state index in [9.17, 15) is 54.1 Å². The topological polar surface area (TPSA) is 346 Å². The summed E-state index contributed by atoms with van der Waals surface area (Å²) in [6.07, 6.45) is -21.0. The first-order valence-electron chi connectivity index (χ1n) is 10.8. The largest absolute Gasteiger partial charge is 0.726 e. The fourth-order valence-corrected chi connectivity index (χ4v) is 5.58. The normalized spacial score (nSPS) is 34.2. The van der Waals surface area contributed by atoms with Crippen molar-refractivity contribution in [3.8, 4) is 0 Å². The van der Waals surface area contributed by atoms with Crippen LogP contribution < -0.4 is 10.4 Å². The van der Waals surface area contributed by atoms with E-state index in [4.69, 9.17) is 32.6 Å². The molecule has 0 amide bonds. The Labute approximate surface area is 247 Å². The number of hydrogen-bond acceptors (Lipinski definition) is 25. The number of methoxy groups -OCH3 is 3. The number of carboxylic acid groups (broad SMARTS) is 1.